The number of hydrogen-bond acceptors (Lipinski definition) is 6. The molecule has 0 aliphatic heterocycles. The Labute approximate surface area is 100 Å². The Morgan fingerprint density at radius 1 is 1.29 bits per heavy atom. The molecule has 0 unspecified atom stereocenters. The summed E-state index contributed by atoms with van der Waals surface area (Å²) in [6.07, 6.45) is 0. The monoisotopic (exact) mass is 252 g/mol. The van der Waals surface area contributed by atoms with Gasteiger partial charge in [0.15, 0.2) is 11.7 Å². The van der Waals surface area contributed by atoms with E-state index in [0.29, 0.717) is 16.9 Å². The maximum absolute atomic E-state index is 11.6. The van der Waals surface area contributed by atoms with Crippen LogP contribution in [-0.2, 0) is 9.43 Å². The average molecular weight is 252 g/mol. The Morgan fingerprint density at radius 2 is 1.88 bits per heavy atom. The highest BCUT2D eigenvalue weighted by Gasteiger charge is 2.18. The van der Waals surface area contributed by atoms with Crippen molar-refractivity contribution in [2.24, 2.45) is 5.92 Å². The van der Waals surface area contributed by atoms with Crippen LogP contribution in [0, 0.1) is 28.6 Å². The smallest absolute Gasteiger partial charge is 0.195 e. The maximum atomic E-state index is 11.6. The van der Waals surface area contributed by atoms with Gasteiger partial charge in [-0.1, -0.05) is 12.1 Å². The summed E-state index contributed by atoms with van der Waals surface area (Å²) in [4.78, 5) is 12.1. The fourth-order valence-electron chi connectivity index (χ4n) is 1.04. The Morgan fingerprint density at radius 3 is 2.35 bits per heavy atom. The molecule has 7 heteroatoms. The molecule has 1 aromatic rings. The quantitative estimate of drug-likeness (QED) is 0.346. The van der Waals surface area contributed by atoms with Crippen LogP contribution in [0.5, 0.6) is 0 Å². The van der Waals surface area contributed by atoms with Crippen LogP contribution < -0.4 is 0 Å². The molecule has 17 heavy (non-hydrogen) atoms. The fraction of sp³-hybridized carbons (Fsp3) is 0.100. The van der Waals surface area contributed by atoms with Crippen molar-refractivity contribution in [2.75, 3.05) is 0 Å². The molecule has 0 spiro atoms. The molecular formula is C10H5FN2O3S. The van der Waals surface area contributed by atoms with Gasteiger partial charge in [-0.15, -0.1) is 4.33 Å². The fourth-order valence-corrected chi connectivity index (χ4v) is 1.39. The van der Waals surface area contributed by atoms with Crippen LogP contribution in [0.4, 0.5) is 4.53 Å². The summed E-state index contributed by atoms with van der Waals surface area (Å²) in [5.74, 6) is -1.90. The van der Waals surface area contributed by atoms with Gasteiger partial charge in [0, 0.05) is 10.5 Å². The molecule has 0 aliphatic rings. The third-order valence-electron chi connectivity index (χ3n) is 1.82. The molecule has 86 valence electrons. The van der Waals surface area contributed by atoms with Gasteiger partial charge >= 0.3 is 0 Å². The number of benzene rings is 1. The normalized spacial score (nSPS) is 9.65. The van der Waals surface area contributed by atoms with Gasteiger partial charge in [0.1, 0.15) is 0 Å². The summed E-state index contributed by atoms with van der Waals surface area (Å²) in [5.41, 5.74) is 0.226. The molecule has 0 saturated carbocycles. The van der Waals surface area contributed by atoms with E-state index >= 15 is 0 Å². The molecule has 0 amide bonds. The lowest BCUT2D eigenvalue weighted by atomic mass is 10.0. The molecule has 0 aromatic heterocycles. The van der Waals surface area contributed by atoms with Crippen LogP contribution in [-0.4, -0.2) is 5.78 Å². The molecule has 0 saturated heterocycles. The van der Waals surface area contributed by atoms with Crippen LogP contribution in [0.1, 0.15) is 10.4 Å². The second-order valence-corrected chi connectivity index (χ2v) is 3.57. The second-order valence-electron chi connectivity index (χ2n) is 2.79. The number of halogens is 1. The van der Waals surface area contributed by atoms with E-state index in [-0.39, 0.29) is 5.56 Å². The third-order valence-corrected chi connectivity index (χ3v) is 2.40. The lowest BCUT2D eigenvalue weighted by molar-refractivity contribution is -0.358. The Kier molecular flexibility index (Phi) is 5.11. The lowest BCUT2D eigenvalue weighted by Crippen LogP contribution is -2.10. The maximum Gasteiger partial charge on any atom is 0.195 e. The standard InChI is InChI=1S/C10H5FN2O3S/c11-15-16-17-9-3-1-7(2-4-9)10(14)8(5-12)6-13/h1-4,8H. The van der Waals surface area contributed by atoms with Gasteiger partial charge in [0.05, 0.1) is 24.2 Å². The van der Waals surface area contributed by atoms with Crippen molar-refractivity contribution in [3.63, 3.8) is 0 Å². The van der Waals surface area contributed by atoms with Crippen LogP contribution in [0.15, 0.2) is 29.2 Å². The first-order chi connectivity index (χ1) is 8.22. The first-order valence-electron chi connectivity index (χ1n) is 4.28. The summed E-state index contributed by atoms with van der Waals surface area (Å²) in [6.45, 7) is 0. The van der Waals surface area contributed by atoms with Crippen molar-refractivity contribution < 1.29 is 18.7 Å². The summed E-state index contributed by atoms with van der Waals surface area (Å²) in [6, 6.07) is 8.95. The van der Waals surface area contributed by atoms with E-state index in [0.717, 1.165) is 0 Å². The minimum absolute atomic E-state index is 0.226. The highest BCUT2D eigenvalue weighted by atomic mass is 32.2. The van der Waals surface area contributed by atoms with Gasteiger partial charge in [0.25, 0.3) is 0 Å². The van der Waals surface area contributed by atoms with E-state index in [2.05, 4.69) is 9.43 Å². The number of hydrogen-bond donors (Lipinski definition) is 0. The molecule has 0 fully saturated rings. The van der Waals surface area contributed by atoms with Gasteiger partial charge in [0.2, 0.25) is 0 Å². The molecule has 1 aromatic carbocycles. The van der Waals surface area contributed by atoms with E-state index in [9.17, 15) is 9.32 Å². The number of carbonyl (C=O) groups excluding carboxylic acids is 1. The van der Waals surface area contributed by atoms with Crippen molar-refractivity contribution in [2.45, 2.75) is 4.90 Å². The van der Waals surface area contributed by atoms with E-state index in [1.165, 1.54) is 24.3 Å². The van der Waals surface area contributed by atoms with Crippen molar-refractivity contribution >= 4 is 17.8 Å². The molecule has 1 rings (SSSR count). The SMILES string of the molecule is N#CC(C#N)C(=O)c1ccc(SOOF)cc1. The third kappa shape index (κ3) is 3.54. The predicted molar refractivity (Wildman–Crippen MR) is 54.6 cm³/mol. The van der Waals surface area contributed by atoms with Gasteiger partial charge in [-0.05, 0) is 21.8 Å². The van der Waals surface area contributed by atoms with Gasteiger partial charge in [-0.3, -0.25) is 4.79 Å². The number of ketones is 1. The van der Waals surface area contributed by atoms with E-state index < -0.39 is 11.7 Å². The zero-order chi connectivity index (χ0) is 12.7. The molecule has 0 N–H and O–H groups in total. The Balaban J connectivity index is 2.78. The van der Waals surface area contributed by atoms with Gasteiger partial charge < -0.3 is 0 Å². The molecule has 0 heterocycles. The Hall–Kier alpha value is -1.93. The van der Waals surface area contributed by atoms with Crippen molar-refractivity contribution in [1.82, 2.24) is 0 Å². The first-order valence-corrected chi connectivity index (χ1v) is 5.02. The number of nitriles is 2. The van der Waals surface area contributed by atoms with Crippen LogP contribution in [0.25, 0.3) is 0 Å². The average Bonchev–Trinajstić information content (AvgIpc) is 2.38. The van der Waals surface area contributed by atoms with Crippen LogP contribution in [0.2, 0.25) is 0 Å². The highest BCUT2D eigenvalue weighted by Crippen LogP contribution is 2.20. The zero-order valence-electron chi connectivity index (χ0n) is 8.29. The van der Waals surface area contributed by atoms with Crippen LogP contribution in [0.3, 0.4) is 0 Å². The zero-order valence-corrected chi connectivity index (χ0v) is 9.11. The molecule has 0 radical (unpaired) electrons. The molecule has 0 atom stereocenters. The number of carbonyl (C=O) groups is 1. The van der Waals surface area contributed by atoms with Crippen molar-refractivity contribution in [1.29, 1.82) is 10.5 Å². The minimum Gasteiger partial charge on any atom is -0.291 e. The summed E-state index contributed by atoms with van der Waals surface area (Å²) in [7, 11) is 0. The van der Waals surface area contributed by atoms with E-state index in [4.69, 9.17) is 10.5 Å². The second kappa shape index (κ2) is 6.61. The van der Waals surface area contributed by atoms with Crippen LogP contribution >= 0.6 is 12.0 Å². The number of Topliss-reactive ketones (excluding diaryl/α,β-unsaturated/α-hetero) is 1. The molecule has 5 nitrogen and oxygen atoms in total. The highest BCUT2D eigenvalue weighted by molar-refractivity contribution is 7.94. The van der Waals surface area contributed by atoms with Gasteiger partial charge in [-0.25, -0.2) is 0 Å². The largest absolute Gasteiger partial charge is 0.291 e. The summed E-state index contributed by atoms with van der Waals surface area (Å²) >= 11 is 0.622. The Bertz CT molecular complexity index is 464. The first kappa shape index (κ1) is 13.1. The topological polar surface area (TPSA) is 83.1 Å². The molecule has 0 bridgehead atoms. The van der Waals surface area contributed by atoms with E-state index in [1.54, 1.807) is 12.1 Å². The molecule has 0 aliphatic carbocycles. The predicted octanol–water partition coefficient (Wildman–Crippen LogP) is 2.37. The number of nitrogens with zero attached hydrogens (tertiary/aromatic N) is 2. The lowest BCUT2D eigenvalue weighted by Gasteiger charge is -2.01. The molecular weight excluding hydrogens is 247 g/mol. The van der Waals surface area contributed by atoms with Crippen molar-refractivity contribution in [3.05, 3.63) is 29.8 Å². The van der Waals surface area contributed by atoms with E-state index in [1.807, 2.05) is 0 Å². The summed E-state index contributed by atoms with van der Waals surface area (Å²) in [5, 5.41) is 20.0. The van der Waals surface area contributed by atoms with Gasteiger partial charge in [-0.2, -0.15) is 10.5 Å². The minimum atomic E-state index is -1.32. The summed E-state index contributed by atoms with van der Waals surface area (Å²) < 4.78 is 15.2. The number of rotatable bonds is 5. The van der Waals surface area contributed by atoms with Crippen molar-refractivity contribution in [3.8, 4) is 12.1 Å².